The van der Waals surface area contributed by atoms with E-state index in [9.17, 15) is 5.11 Å². The van der Waals surface area contributed by atoms with Crippen molar-refractivity contribution in [3.63, 3.8) is 0 Å². The molecule has 0 spiro atoms. The van der Waals surface area contributed by atoms with Crippen LogP contribution in [0, 0.1) is 19.8 Å². The van der Waals surface area contributed by atoms with E-state index in [1.54, 1.807) is 0 Å². The van der Waals surface area contributed by atoms with Crippen LogP contribution < -0.4 is 5.73 Å². The van der Waals surface area contributed by atoms with Crippen molar-refractivity contribution in [3.05, 3.63) is 11.4 Å². The number of aryl methyl sites for hydroxylation is 1. The van der Waals surface area contributed by atoms with Crippen LogP contribution in [0.15, 0.2) is 0 Å². The summed E-state index contributed by atoms with van der Waals surface area (Å²) in [6.45, 7) is 7.38. The summed E-state index contributed by atoms with van der Waals surface area (Å²) in [5.74, 6) is 0.722. The molecule has 0 bridgehead atoms. The summed E-state index contributed by atoms with van der Waals surface area (Å²) >= 11 is 0. The van der Waals surface area contributed by atoms with Gasteiger partial charge in [-0.1, -0.05) is 19.8 Å². The third kappa shape index (κ3) is 3.77. The Morgan fingerprint density at radius 2 is 2.05 bits per heavy atom. The van der Waals surface area contributed by atoms with Crippen LogP contribution >= 0.6 is 0 Å². The van der Waals surface area contributed by atoms with Gasteiger partial charge in [0.15, 0.2) is 0 Å². The Morgan fingerprint density at radius 3 is 2.62 bits per heavy atom. The predicted octanol–water partition coefficient (Wildman–Crippen LogP) is 1.95. The van der Waals surface area contributed by atoms with Gasteiger partial charge < -0.3 is 15.7 Å². The fourth-order valence-corrected chi connectivity index (χ4v) is 3.57. The van der Waals surface area contributed by atoms with E-state index < -0.39 is 6.10 Å². The molecule has 3 N–H and O–H groups in total. The molecule has 1 saturated carbocycles. The normalized spacial score (nSPS) is 24.5. The standard InChI is InChI=1S/C16H30N4O/c1-11-7-5-6-8-15(11)19(4)9-14(21)10-20-13(3)16(17)12(2)18-20/h11,14-15,21H,5-10,17H2,1-4H3. The van der Waals surface area contributed by atoms with Crippen molar-refractivity contribution in [1.82, 2.24) is 14.7 Å². The number of aromatic nitrogens is 2. The number of aliphatic hydroxyl groups is 1. The Bertz CT molecular complexity index is 471. The maximum Gasteiger partial charge on any atom is 0.0862 e. The Balaban J connectivity index is 1.91. The largest absolute Gasteiger partial charge is 0.396 e. The molecule has 2 rings (SSSR count). The highest BCUT2D eigenvalue weighted by molar-refractivity contribution is 5.46. The minimum atomic E-state index is -0.415. The van der Waals surface area contributed by atoms with Crippen molar-refractivity contribution in [1.29, 1.82) is 0 Å². The Hall–Kier alpha value is -1.07. The third-order valence-electron chi connectivity index (χ3n) is 4.95. The number of rotatable bonds is 5. The van der Waals surface area contributed by atoms with E-state index in [-0.39, 0.29) is 0 Å². The number of aliphatic hydroxyl groups excluding tert-OH is 1. The van der Waals surface area contributed by atoms with Crippen LogP contribution in [-0.2, 0) is 6.54 Å². The first-order chi connectivity index (χ1) is 9.90. The van der Waals surface area contributed by atoms with Gasteiger partial charge in [0.1, 0.15) is 0 Å². The fourth-order valence-electron chi connectivity index (χ4n) is 3.57. The van der Waals surface area contributed by atoms with Gasteiger partial charge in [-0.05, 0) is 39.7 Å². The van der Waals surface area contributed by atoms with Gasteiger partial charge >= 0.3 is 0 Å². The maximum atomic E-state index is 10.4. The number of hydrogen-bond acceptors (Lipinski definition) is 4. The second-order valence-corrected chi connectivity index (χ2v) is 6.69. The molecule has 21 heavy (non-hydrogen) atoms. The molecule has 5 heteroatoms. The number of nitrogens with zero attached hydrogens (tertiary/aromatic N) is 3. The average Bonchev–Trinajstić information content (AvgIpc) is 2.66. The minimum Gasteiger partial charge on any atom is -0.396 e. The summed E-state index contributed by atoms with van der Waals surface area (Å²) in [7, 11) is 2.13. The van der Waals surface area contributed by atoms with Crippen molar-refractivity contribution in [2.45, 2.75) is 65.1 Å². The maximum absolute atomic E-state index is 10.4. The zero-order chi connectivity index (χ0) is 15.6. The first-order valence-electron chi connectivity index (χ1n) is 8.08. The highest BCUT2D eigenvalue weighted by Gasteiger charge is 2.26. The molecular weight excluding hydrogens is 264 g/mol. The van der Waals surface area contributed by atoms with Crippen LogP contribution in [0.4, 0.5) is 5.69 Å². The van der Waals surface area contributed by atoms with Crippen LogP contribution in [0.1, 0.15) is 44.0 Å². The monoisotopic (exact) mass is 294 g/mol. The molecule has 5 nitrogen and oxygen atoms in total. The molecule has 3 atom stereocenters. The van der Waals surface area contributed by atoms with E-state index >= 15 is 0 Å². The summed E-state index contributed by atoms with van der Waals surface area (Å²) in [5.41, 5.74) is 8.46. The van der Waals surface area contributed by atoms with E-state index in [2.05, 4.69) is 24.0 Å². The molecule has 0 aromatic carbocycles. The molecular formula is C16H30N4O. The SMILES string of the molecule is Cc1nn(CC(O)CN(C)C2CCCCC2C)c(C)c1N. The number of nitrogen functional groups attached to an aromatic ring is 1. The molecule has 0 aliphatic heterocycles. The van der Waals surface area contributed by atoms with Crippen LogP contribution in [0.25, 0.3) is 0 Å². The van der Waals surface area contributed by atoms with Gasteiger partial charge in [0.25, 0.3) is 0 Å². The molecule has 0 saturated heterocycles. The molecule has 1 heterocycles. The molecule has 1 aliphatic carbocycles. The second kappa shape index (κ2) is 6.79. The van der Waals surface area contributed by atoms with Gasteiger partial charge in [0.05, 0.1) is 29.7 Å². The lowest BCUT2D eigenvalue weighted by Crippen LogP contribution is -2.43. The summed E-state index contributed by atoms with van der Waals surface area (Å²) in [5, 5.41) is 14.8. The first kappa shape index (κ1) is 16.3. The van der Waals surface area contributed by atoms with Crippen molar-refractivity contribution >= 4 is 5.69 Å². The van der Waals surface area contributed by atoms with Crippen LogP contribution in [0.5, 0.6) is 0 Å². The fraction of sp³-hybridized carbons (Fsp3) is 0.812. The van der Waals surface area contributed by atoms with Crippen molar-refractivity contribution in [2.24, 2.45) is 5.92 Å². The molecule has 1 fully saturated rings. The third-order valence-corrected chi connectivity index (χ3v) is 4.95. The van der Waals surface area contributed by atoms with Gasteiger partial charge in [-0.25, -0.2) is 0 Å². The lowest BCUT2D eigenvalue weighted by atomic mass is 9.85. The molecule has 0 radical (unpaired) electrons. The van der Waals surface area contributed by atoms with Gasteiger partial charge in [-0.2, -0.15) is 5.10 Å². The average molecular weight is 294 g/mol. The molecule has 1 aromatic heterocycles. The molecule has 0 amide bonds. The lowest BCUT2D eigenvalue weighted by molar-refractivity contribution is 0.0603. The summed E-state index contributed by atoms with van der Waals surface area (Å²) in [6, 6.07) is 0.596. The van der Waals surface area contributed by atoms with Gasteiger partial charge in [-0.3, -0.25) is 4.68 Å². The van der Waals surface area contributed by atoms with Crippen LogP contribution in [0.3, 0.4) is 0 Å². The zero-order valence-electron chi connectivity index (χ0n) is 13.8. The van der Waals surface area contributed by atoms with E-state index in [1.807, 2.05) is 18.5 Å². The first-order valence-corrected chi connectivity index (χ1v) is 8.08. The summed E-state index contributed by atoms with van der Waals surface area (Å²) < 4.78 is 1.83. The van der Waals surface area contributed by atoms with Gasteiger partial charge in [0, 0.05) is 12.6 Å². The van der Waals surface area contributed by atoms with Crippen molar-refractivity contribution in [2.75, 3.05) is 19.3 Å². The van der Waals surface area contributed by atoms with E-state index in [1.165, 1.54) is 25.7 Å². The Kier molecular flexibility index (Phi) is 5.27. The lowest BCUT2D eigenvalue weighted by Gasteiger charge is -2.37. The summed E-state index contributed by atoms with van der Waals surface area (Å²) in [6.07, 6.45) is 4.79. The van der Waals surface area contributed by atoms with Crippen molar-refractivity contribution in [3.8, 4) is 0 Å². The Morgan fingerprint density at radius 1 is 1.38 bits per heavy atom. The quantitative estimate of drug-likeness (QED) is 0.871. The van der Waals surface area contributed by atoms with Crippen LogP contribution in [-0.4, -0.2) is 45.5 Å². The van der Waals surface area contributed by atoms with Crippen LogP contribution in [0.2, 0.25) is 0 Å². The number of likely N-dealkylation sites (N-methyl/N-ethyl adjacent to an activating group) is 1. The Labute approximate surface area is 128 Å². The zero-order valence-corrected chi connectivity index (χ0v) is 13.8. The number of anilines is 1. The topological polar surface area (TPSA) is 67.3 Å². The predicted molar refractivity (Wildman–Crippen MR) is 86.2 cm³/mol. The second-order valence-electron chi connectivity index (χ2n) is 6.69. The van der Waals surface area contributed by atoms with Crippen molar-refractivity contribution < 1.29 is 5.11 Å². The van der Waals surface area contributed by atoms with E-state index in [0.29, 0.717) is 19.1 Å². The highest BCUT2D eigenvalue weighted by Crippen LogP contribution is 2.27. The molecule has 1 aromatic rings. The van der Waals surface area contributed by atoms with E-state index in [0.717, 1.165) is 23.0 Å². The number of hydrogen-bond donors (Lipinski definition) is 2. The molecule has 120 valence electrons. The van der Waals surface area contributed by atoms with E-state index in [4.69, 9.17) is 5.73 Å². The molecule has 1 aliphatic rings. The van der Waals surface area contributed by atoms with Gasteiger partial charge in [0.2, 0.25) is 0 Å². The minimum absolute atomic E-state index is 0.415. The smallest absolute Gasteiger partial charge is 0.0862 e. The number of nitrogens with two attached hydrogens (primary N) is 1. The van der Waals surface area contributed by atoms with Gasteiger partial charge in [-0.15, -0.1) is 0 Å². The molecule has 3 unspecified atom stereocenters. The highest BCUT2D eigenvalue weighted by atomic mass is 16.3. The summed E-state index contributed by atoms with van der Waals surface area (Å²) in [4.78, 5) is 2.32.